The van der Waals surface area contributed by atoms with E-state index in [9.17, 15) is 4.79 Å². The number of rotatable bonds is 4. The summed E-state index contributed by atoms with van der Waals surface area (Å²) in [6, 6.07) is 8.12. The molecule has 0 aliphatic heterocycles. The van der Waals surface area contributed by atoms with Crippen LogP contribution in [0.5, 0.6) is 0 Å². The van der Waals surface area contributed by atoms with Crippen LogP contribution in [0.4, 0.5) is 5.69 Å². The molecule has 1 aromatic carbocycles. The second kappa shape index (κ2) is 8.58. The number of nitrogens with one attached hydrogen (secondary N) is 1. The minimum absolute atomic E-state index is 0. The highest BCUT2D eigenvalue weighted by Crippen LogP contribution is 2.38. The summed E-state index contributed by atoms with van der Waals surface area (Å²) in [7, 11) is 0. The van der Waals surface area contributed by atoms with E-state index in [1.165, 1.54) is 19.3 Å². The Morgan fingerprint density at radius 2 is 1.87 bits per heavy atom. The summed E-state index contributed by atoms with van der Waals surface area (Å²) in [5.41, 5.74) is 8.03. The molecule has 1 aliphatic carbocycles. The molecule has 4 heteroatoms. The maximum Gasteiger partial charge on any atom is 0.220 e. The third-order valence-electron chi connectivity index (χ3n) is 4.90. The van der Waals surface area contributed by atoms with E-state index in [1.807, 2.05) is 24.3 Å². The Bertz CT molecular complexity index is 510. The molecule has 0 saturated heterocycles. The van der Waals surface area contributed by atoms with Gasteiger partial charge in [0.05, 0.1) is 0 Å². The van der Waals surface area contributed by atoms with Crippen LogP contribution in [0.15, 0.2) is 24.3 Å². The Morgan fingerprint density at radius 3 is 2.52 bits per heavy atom. The summed E-state index contributed by atoms with van der Waals surface area (Å²) in [5.74, 6) is 0.733. The van der Waals surface area contributed by atoms with Gasteiger partial charge in [0.15, 0.2) is 0 Å². The molecule has 1 amide bonds. The van der Waals surface area contributed by atoms with Gasteiger partial charge >= 0.3 is 0 Å². The fourth-order valence-corrected chi connectivity index (χ4v) is 3.63. The fourth-order valence-electron chi connectivity index (χ4n) is 3.63. The zero-order valence-corrected chi connectivity index (χ0v) is 15.4. The van der Waals surface area contributed by atoms with Gasteiger partial charge in [-0.15, -0.1) is 12.4 Å². The number of carbonyl (C=O) groups is 1. The third-order valence-corrected chi connectivity index (χ3v) is 4.90. The van der Waals surface area contributed by atoms with Crippen molar-refractivity contribution in [3.63, 3.8) is 0 Å². The van der Waals surface area contributed by atoms with Gasteiger partial charge in [-0.3, -0.25) is 4.79 Å². The Morgan fingerprint density at radius 1 is 1.22 bits per heavy atom. The second-order valence-electron chi connectivity index (χ2n) is 7.63. The number of aryl methyl sites for hydroxylation is 1. The summed E-state index contributed by atoms with van der Waals surface area (Å²) in [5, 5.41) is 3.29. The van der Waals surface area contributed by atoms with Gasteiger partial charge in [-0.2, -0.15) is 0 Å². The van der Waals surface area contributed by atoms with E-state index < -0.39 is 0 Å². The van der Waals surface area contributed by atoms with Crippen molar-refractivity contribution in [2.24, 2.45) is 11.3 Å². The van der Waals surface area contributed by atoms with E-state index in [4.69, 9.17) is 5.73 Å². The number of nitrogens with two attached hydrogens (primary N) is 1. The van der Waals surface area contributed by atoms with Crippen LogP contribution in [0.2, 0.25) is 0 Å². The number of halogens is 1. The lowest BCUT2D eigenvalue weighted by molar-refractivity contribution is -0.122. The van der Waals surface area contributed by atoms with Gasteiger partial charge in [-0.05, 0) is 42.2 Å². The zero-order chi connectivity index (χ0) is 16.2. The van der Waals surface area contributed by atoms with E-state index in [2.05, 4.69) is 26.1 Å². The Kier molecular flexibility index (Phi) is 7.40. The van der Waals surface area contributed by atoms with Gasteiger partial charge in [0.2, 0.25) is 5.91 Å². The predicted octanol–water partition coefficient (Wildman–Crippen LogP) is 4.34. The molecule has 2 rings (SSSR count). The lowest BCUT2D eigenvalue weighted by Gasteiger charge is -2.40. The van der Waals surface area contributed by atoms with Gasteiger partial charge in [0.25, 0.3) is 0 Å². The lowest BCUT2D eigenvalue weighted by atomic mass is 9.69. The largest absolute Gasteiger partial charge is 0.399 e. The average molecular weight is 339 g/mol. The monoisotopic (exact) mass is 338 g/mol. The van der Waals surface area contributed by atoms with E-state index in [-0.39, 0.29) is 23.7 Å². The lowest BCUT2D eigenvalue weighted by Crippen LogP contribution is -2.46. The molecule has 1 fully saturated rings. The molecule has 3 N–H and O–H groups in total. The van der Waals surface area contributed by atoms with Crippen molar-refractivity contribution in [1.82, 2.24) is 5.32 Å². The van der Waals surface area contributed by atoms with Crippen molar-refractivity contribution in [2.45, 2.75) is 65.3 Å². The molecule has 0 radical (unpaired) electrons. The first-order valence-corrected chi connectivity index (χ1v) is 8.50. The molecule has 2 unspecified atom stereocenters. The van der Waals surface area contributed by atoms with Crippen LogP contribution >= 0.6 is 12.4 Å². The molecule has 23 heavy (non-hydrogen) atoms. The van der Waals surface area contributed by atoms with E-state index in [0.717, 1.165) is 17.7 Å². The first-order chi connectivity index (χ1) is 10.4. The number of hydrogen-bond donors (Lipinski definition) is 2. The van der Waals surface area contributed by atoms with Crippen LogP contribution in [-0.4, -0.2) is 11.9 Å². The van der Waals surface area contributed by atoms with Crippen molar-refractivity contribution in [3.05, 3.63) is 29.8 Å². The fraction of sp³-hybridized carbons (Fsp3) is 0.632. The van der Waals surface area contributed by atoms with Crippen molar-refractivity contribution in [3.8, 4) is 0 Å². The van der Waals surface area contributed by atoms with Crippen LogP contribution in [0.1, 0.15) is 58.4 Å². The molecule has 130 valence electrons. The minimum atomic E-state index is 0. The van der Waals surface area contributed by atoms with Gasteiger partial charge in [0.1, 0.15) is 0 Å². The Labute approximate surface area is 146 Å². The summed E-state index contributed by atoms with van der Waals surface area (Å²) in [6.07, 6.45) is 6.08. The minimum Gasteiger partial charge on any atom is -0.399 e. The topological polar surface area (TPSA) is 55.1 Å². The molecule has 0 aromatic heterocycles. The second-order valence-corrected chi connectivity index (χ2v) is 7.63. The van der Waals surface area contributed by atoms with E-state index >= 15 is 0 Å². The number of carbonyl (C=O) groups excluding carboxylic acids is 1. The molecule has 1 saturated carbocycles. The highest BCUT2D eigenvalue weighted by atomic mass is 35.5. The number of hydrogen-bond acceptors (Lipinski definition) is 2. The first kappa shape index (κ1) is 19.8. The SMILES string of the molecule is CC(C)(C)C1CCCCC1NC(=O)CCc1ccccc1N.Cl. The highest BCUT2D eigenvalue weighted by molar-refractivity contribution is 5.85. The summed E-state index contributed by atoms with van der Waals surface area (Å²) >= 11 is 0. The molecule has 0 spiro atoms. The van der Waals surface area contributed by atoms with E-state index in [0.29, 0.717) is 24.8 Å². The molecule has 1 aromatic rings. The number of anilines is 1. The van der Waals surface area contributed by atoms with Crippen LogP contribution in [0.3, 0.4) is 0 Å². The molecule has 0 bridgehead atoms. The van der Waals surface area contributed by atoms with Crippen molar-refractivity contribution >= 4 is 24.0 Å². The smallest absolute Gasteiger partial charge is 0.220 e. The number of benzene rings is 1. The normalized spacial score (nSPS) is 21.3. The maximum atomic E-state index is 12.3. The van der Waals surface area contributed by atoms with Crippen molar-refractivity contribution in [1.29, 1.82) is 0 Å². The Hall–Kier alpha value is -1.22. The predicted molar refractivity (Wildman–Crippen MR) is 99.8 cm³/mol. The molecule has 1 aliphatic rings. The summed E-state index contributed by atoms with van der Waals surface area (Å²) < 4.78 is 0. The van der Waals surface area contributed by atoms with Gasteiger partial charge in [-0.25, -0.2) is 0 Å². The van der Waals surface area contributed by atoms with Crippen molar-refractivity contribution in [2.75, 3.05) is 5.73 Å². The highest BCUT2D eigenvalue weighted by Gasteiger charge is 2.34. The average Bonchev–Trinajstić information content (AvgIpc) is 2.46. The maximum absolute atomic E-state index is 12.3. The quantitative estimate of drug-likeness (QED) is 0.802. The van der Waals surface area contributed by atoms with Gasteiger partial charge < -0.3 is 11.1 Å². The molecular weight excluding hydrogens is 308 g/mol. The van der Waals surface area contributed by atoms with Crippen LogP contribution < -0.4 is 11.1 Å². The van der Waals surface area contributed by atoms with Crippen LogP contribution in [-0.2, 0) is 11.2 Å². The Balaban J connectivity index is 0.00000264. The van der Waals surface area contributed by atoms with Crippen molar-refractivity contribution < 1.29 is 4.79 Å². The molecule has 0 heterocycles. The standard InChI is InChI=1S/C19H30N2O.ClH/c1-19(2,3)15-9-5-7-11-17(15)21-18(22)13-12-14-8-4-6-10-16(14)20;/h4,6,8,10,15,17H,5,7,9,11-13,20H2,1-3H3,(H,21,22);1H. The van der Waals surface area contributed by atoms with Crippen LogP contribution in [0.25, 0.3) is 0 Å². The zero-order valence-electron chi connectivity index (χ0n) is 14.6. The molecule has 2 atom stereocenters. The molecular formula is C19H31ClN2O. The summed E-state index contributed by atoms with van der Waals surface area (Å²) in [6.45, 7) is 6.85. The number of para-hydroxylation sites is 1. The first-order valence-electron chi connectivity index (χ1n) is 8.50. The van der Waals surface area contributed by atoms with Gasteiger partial charge in [0, 0.05) is 18.2 Å². The molecule has 3 nitrogen and oxygen atoms in total. The third kappa shape index (κ3) is 5.72. The van der Waals surface area contributed by atoms with Gasteiger partial charge in [-0.1, -0.05) is 51.8 Å². The van der Waals surface area contributed by atoms with E-state index in [1.54, 1.807) is 0 Å². The number of amides is 1. The number of nitrogen functional groups attached to an aromatic ring is 1. The summed E-state index contributed by atoms with van der Waals surface area (Å²) in [4.78, 5) is 12.3. The van der Waals surface area contributed by atoms with Crippen LogP contribution in [0, 0.1) is 11.3 Å².